The van der Waals surface area contributed by atoms with Gasteiger partial charge in [0.25, 0.3) is 5.91 Å². The van der Waals surface area contributed by atoms with Gasteiger partial charge in [-0.1, -0.05) is 55.0 Å². The number of para-hydroxylation sites is 1. The minimum atomic E-state index is 0.0443. The van der Waals surface area contributed by atoms with E-state index in [9.17, 15) is 4.79 Å². The lowest BCUT2D eigenvalue weighted by molar-refractivity contribution is -0.123. The highest BCUT2D eigenvalue weighted by Gasteiger charge is 2.38. The highest BCUT2D eigenvalue weighted by molar-refractivity contribution is 8.26. The number of thioether (sulfide) groups is 1. The molecule has 0 spiro atoms. The van der Waals surface area contributed by atoms with Crippen molar-refractivity contribution in [3.05, 3.63) is 34.7 Å². The molecule has 1 saturated carbocycles. The van der Waals surface area contributed by atoms with E-state index in [4.69, 9.17) is 17.0 Å². The molecule has 1 heterocycles. The summed E-state index contributed by atoms with van der Waals surface area (Å²) in [6.45, 7) is 0. The predicted octanol–water partition coefficient (Wildman–Crippen LogP) is 3.84. The third kappa shape index (κ3) is 2.85. The molecule has 1 amide bonds. The second kappa shape index (κ2) is 6.20. The van der Waals surface area contributed by atoms with Gasteiger partial charge in [-0.05, 0) is 25.0 Å². The summed E-state index contributed by atoms with van der Waals surface area (Å²) >= 11 is 6.80. The molecule has 2 aliphatic rings. The van der Waals surface area contributed by atoms with Gasteiger partial charge in [0.2, 0.25) is 0 Å². The van der Waals surface area contributed by atoms with E-state index in [0.717, 1.165) is 24.2 Å². The average Bonchev–Trinajstić information content (AvgIpc) is 3.09. The summed E-state index contributed by atoms with van der Waals surface area (Å²) in [5.41, 5.74) is 0.909. The zero-order valence-corrected chi connectivity index (χ0v) is 13.5. The van der Waals surface area contributed by atoms with Crippen molar-refractivity contribution in [2.24, 2.45) is 0 Å². The standard InChI is InChI=1S/C16H17NO2S2/c1-19-13-9-5-2-6-11(13)10-14-15(18)17(16(20)21-14)12-7-3-4-8-12/h2,5-6,9-10,12H,3-4,7-8H2,1H3/b14-10+. The molecule has 1 aliphatic carbocycles. The Bertz CT molecular complexity index is 606. The van der Waals surface area contributed by atoms with Crippen LogP contribution in [0, 0.1) is 0 Å². The van der Waals surface area contributed by atoms with Gasteiger partial charge in [-0.15, -0.1) is 0 Å². The molecule has 5 heteroatoms. The molecular weight excluding hydrogens is 302 g/mol. The Hall–Kier alpha value is -1.33. The minimum absolute atomic E-state index is 0.0443. The van der Waals surface area contributed by atoms with Crippen molar-refractivity contribution in [2.75, 3.05) is 7.11 Å². The van der Waals surface area contributed by atoms with Crippen LogP contribution in [0.3, 0.4) is 0 Å². The Kier molecular flexibility index (Phi) is 4.31. The van der Waals surface area contributed by atoms with E-state index in [2.05, 4.69) is 0 Å². The van der Waals surface area contributed by atoms with Gasteiger partial charge in [-0.3, -0.25) is 9.69 Å². The third-order valence-corrected chi connectivity index (χ3v) is 5.27. The van der Waals surface area contributed by atoms with Crippen LogP contribution >= 0.6 is 24.0 Å². The summed E-state index contributed by atoms with van der Waals surface area (Å²) in [6.07, 6.45) is 6.39. The number of ether oxygens (including phenoxy) is 1. The first-order valence-corrected chi connectivity index (χ1v) is 8.33. The fourth-order valence-corrected chi connectivity index (χ4v) is 4.28. The van der Waals surface area contributed by atoms with Crippen LogP contribution in [0.2, 0.25) is 0 Å². The van der Waals surface area contributed by atoms with Crippen LogP contribution in [-0.2, 0) is 4.79 Å². The van der Waals surface area contributed by atoms with Gasteiger partial charge in [-0.2, -0.15) is 0 Å². The fourth-order valence-electron chi connectivity index (χ4n) is 2.88. The van der Waals surface area contributed by atoms with Crippen molar-refractivity contribution in [1.82, 2.24) is 4.90 Å². The molecule has 1 aromatic rings. The number of methoxy groups -OCH3 is 1. The number of rotatable bonds is 3. The molecule has 0 atom stereocenters. The Morgan fingerprint density at radius 2 is 2.05 bits per heavy atom. The van der Waals surface area contributed by atoms with Crippen LogP contribution in [0.4, 0.5) is 0 Å². The fraction of sp³-hybridized carbons (Fsp3) is 0.375. The number of carbonyl (C=O) groups is 1. The van der Waals surface area contributed by atoms with Crippen LogP contribution in [-0.4, -0.2) is 28.3 Å². The van der Waals surface area contributed by atoms with Crippen molar-refractivity contribution >= 4 is 40.3 Å². The molecule has 3 rings (SSSR count). The molecule has 3 nitrogen and oxygen atoms in total. The number of nitrogens with zero attached hydrogens (tertiary/aromatic N) is 1. The first-order chi connectivity index (χ1) is 10.2. The zero-order chi connectivity index (χ0) is 14.8. The van der Waals surface area contributed by atoms with Gasteiger partial charge in [-0.25, -0.2) is 0 Å². The van der Waals surface area contributed by atoms with Crippen molar-refractivity contribution in [3.8, 4) is 5.75 Å². The number of hydrogen-bond acceptors (Lipinski definition) is 4. The Morgan fingerprint density at radius 3 is 2.76 bits per heavy atom. The Morgan fingerprint density at radius 1 is 1.33 bits per heavy atom. The molecule has 1 aromatic carbocycles. The number of hydrogen-bond donors (Lipinski definition) is 0. The molecule has 0 N–H and O–H groups in total. The predicted molar refractivity (Wildman–Crippen MR) is 90.3 cm³/mol. The first kappa shape index (κ1) is 14.6. The number of carbonyl (C=O) groups excluding carboxylic acids is 1. The van der Waals surface area contributed by atoms with Crippen LogP contribution < -0.4 is 4.74 Å². The smallest absolute Gasteiger partial charge is 0.266 e. The van der Waals surface area contributed by atoms with Crippen LogP contribution in [0.5, 0.6) is 5.75 Å². The summed E-state index contributed by atoms with van der Waals surface area (Å²) in [6, 6.07) is 7.98. The van der Waals surface area contributed by atoms with E-state index in [0.29, 0.717) is 15.3 Å². The topological polar surface area (TPSA) is 29.5 Å². The van der Waals surface area contributed by atoms with E-state index >= 15 is 0 Å². The highest BCUT2D eigenvalue weighted by atomic mass is 32.2. The van der Waals surface area contributed by atoms with Gasteiger partial charge in [0.05, 0.1) is 12.0 Å². The molecule has 110 valence electrons. The molecule has 1 saturated heterocycles. The van der Waals surface area contributed by atoms with E-state index in [-0.39, 0.29) is 5.91 Å². The van der Waals surface area contributed by atoms with E-state index in [1.54, 1.807) is 7.11 Å². The van der Waals surface area contributed by atoms with E-state index < -0.39 is 0 Å². The third-order valence-electron chi connectivity index (χ3n) is 3.94. The molecule has 0 aromatic heterocycles. The number of benzene rings is 1. The highest BCUT2D eigenvalue weighted by Crippen LogP contribution is 2.38. The largest absolute Gasteiger partial charge is 0.496 e. The second-order valence-corrected chi connectivity index (χ2v) is 6.91. The van der Waals surface area contributed by atoms with Gasteiger partial charge >= 0.3 is 0 Å². The lowest BCUT2D eigenvalue weighted by Gasteiger charge is -2.21. The molecule has 2 fully saturated rings. The van der Waals surface area contributed by atoms with Gasteiger partial charge in [0.1, 0.15) is 10.1 Å². The summed E-state index contributed by atoms with van der Waals surface area (Å²) < 4.78 is 6.02. The SMILES string of the molecule is COc1ccccc1/C=C1/SC(=S)N(C2CCCC2)C1=O. The van der Waals surface area contributed by atoms with Crippen LogP contribution in [0.15, 0.2) is 29.2 Å². The van der Waals surface area contributed by atoms with Crippen molar-refractivity contribution < 1.29 is 9.53 Å². The van der Waals surface area contributed by atoms with Crippen molar-refractivity contribution in [1.29, 1.82) is 0 Å². The minimum Gasteiger partial charge on any atom is -0.496 e. The quantitative estimate of drug-likeness (QED) is 0.625. The van der Waals surface area contributed by atoms with E-state index in [1.165, 1.54) is 24.6 Å². The zero-order valence-electron chi connectivity index (χ0n) is 11.9. The summed E-state index contributed by atoms with van der Waals surface area (Å²) in [5.74, 6) is 0.812. The van der Waals surface area contributed by atoms with Crippen molar-refractivity contribution in [2.45, 2.75) is 31.7 Å². The molecule has 0 bridgehead atoms. The summed E-state index contributed by atoms with van der Waals surface area (Å²) in [7, 11) is 1.64. The lowest BCUT2D eigenvalue weighted by atomic mass is 10.1. The Labute approximate surface area is 134 Å². The van der Waals surface area contributed by atoms with Gasteiger partial charge in [0.15, 0.2) is 0 Å². The summed E-state index contributed by atoms with van der Waals surface area (Å²) in [4.78, 5) is 15.1. The molecule has 1 aliphatic heterocycles. The van der Waals surface area contributed by atoms with Crippen LogP contribution in [0.1, 0.15) is 31.2 Å². The lowest BCUT2D eigenvalue weighted by Crippen LogP contribution is -2.36. The van der Waals surface area contributed by atoms with Gasteiger partial charge in [0, 0.05) is 11.6 Å². The maximum atomic E-state index is 12.6. The number of thiocarbonyl (C=S) groups is 1. The first-order valence-electron chi connectivity index (χ1n) is 7.11. The maximum absolute atomic E-state index is 12.6. The number of amides is 1. The van der Waals surface area contributed by atoms with E-state index in [1.807, 2.05) is 35.2 Å². The monoisotopic (exact) mass is 319 g/mol. The Balaban J connectivity index is 1.88. The van der Waals surface area contributed by atoms with Crippen LogP contribution in [0.25, 0.3) is 6.08 Å². The normalized spacial score (nSPS) is 21.6. The molecule has 21 heavy (non-hydrogen) atoms. The molecular formula is C16H17NO2S2. The molecule has 0 radical (unpaired) electrons. The van der Waals surface area contributed by atoms with Gasteiger partial charge < -0.3 is 4.74 Å². The van der Waals surface area contributed by atoms with Crippen molar-refractivity contribution in [3.63, 3.8) is 0 Å². The second-order valence-electron chi connectivity index (χ2n) is 5.23. The maximum Gasteiger partial charge on any atom is 0.266 e. The average molecular weight is 319 g/mol. The molecule has 0 unspecified atom stereocenters. The summed E-state index contributed by atoms with van der Waals surface area (Å²) in [5, 5.41) is 0.